The van der Waals surface area contributed by atoms with Crippen molar-refractivity contribution < 1.29 is 13.2 Å². The summed E-state index contributed by atoms with van der Waals surface area (Å²) in [7, 11) is -3.60. The van der Waals surface area contributed by atoms with Crippen LogP contribution in [0.5, 0.6) is 0 Å². The van der Waals surface area contributed by atoms with E-state index in [1.807, 2.05) is 6.92 Å². The van der Waals surface area contributed by atoms with Gasteiger partial charge in [-0.15, -0.1) is 0 Å². The zero-order valence-electron chi connectivity index (χ0n) is 12.7. The van der Waals surface area contributed by atoms with Crippen molar-refractivity contribution >= 4 is 15.7 Å². The molecule has 21 heavy (non-hydrogen) atoms. The van der Waals surface area contributed by atoms with Gasteiger partial charge in [0.25, 0.3) is 0 Å². The van der Waals surface area contributed by atoms with Gasteiger partial charge in [-0.05, 0) is 56.9 Å². The number of aryl methyl sites for hydroxylation is 2. The lowest BCUT2D eigenvalue weighted by Crippen LogP contribution is -2.51. The van der Waals surface area contributed by atoms with Gasteiger partial charge in [0.2, 0.25) is 10.0 Å². The molecule has 1 atom stereocenters. The van der Waals surface area contributed by atoms with Crippen LogP contribution in [0.3, 0.4) is 0 Å². The fraction of sp³-hybridized carbons (Fsp3) is 0.571. The summed E-state index contributed by atoms with van der Waals surface area (Å²) in [5.41, 5.74) is 4.00. The Morgan fingerprint density at radius 2 is 1.90 bits per heavy atom. The highest BCUT2D eigenvalue weighted by atomic mass is 32.2. The molecule has 0 saturated carbocycles. The van der Waals surface area contributed by atoms with Crippen molar-refractivity contribution in [3.05, 3.63) is 23.3 Å². The Kier molecular flexibility index (Phi) is 4.57. The lowest BCUT2D eigenvalue weighted by molar-refractivity contribution is 0.0386. The first-order chi connectivity index (χ1) is 9.77. The molecule has 0 amide bonds. The molecule has 1 unspecified atom stereocenters. The number of sulfonamides is 1. The van der Waals surface area contributed by atoms with Crippen molar-refractivity contribution in [3.63, 3.8) is 0 Å². The van der Waals surface area contributed by atoms with Gasteiger partial charge < -0.3 is 10.2 Å². The van der Waals surface area contributed by atoms with E-state index >= 15 is 0 Å². The van der Waals surface area contributed by atoms with Crippen LogP contribution >= 0.6 is 0 Å². The SMILES string of the molecule is Cc1cc(NN)cc(C)c1S(=O)(=O)NC1(C)CCCOC1. The zero-order chi connectivity index (χ0) is 15.7. The van der Waals surface area contributed by atoms with Crippen LogP contribution in [-0.2, 0) is 14.8 Å². The molecule has 0 bridgehead atoms. The fourth-order valence-corrected chi connectivity index (χ4v) is 4.72. The number of nitrogen functional groups attached to an aromatic ring is 1. The first-order valence-electron chi connectivity index (χ1n) is 6.97. The Hall–Kier alpha value is -1.15. The second-order valence-corrected chi connectivity index (χ2v) is 7.53. The lowest BCUT2D eigenvalue weighted by atomic mass is 9.97. The van der Waals surface area contributed by atoms with E-state index in [1.54, 1.807) is 26.0 Å². The maximum atomic E-state index is 12.7. The van der Waals surface area contributed by atoms with Gasteiger partial charge in [0.15, 0.2) is 0 Å². The van der Waals surface area contributed by atoms with Gasteiger partial charge in [-0.3, -0.25) is 5.84 Å². The van der Waals surface area contributed by atoms with Gasteiger partial charge in [0.1, 0.15) is 0 Å². The van der Waals surface area contributed by atoms with Crippen molar-refractivity contribution in [2.24, 2.45) is 5.84 Å². The smallest absolute Gasteiger partial charge is 0.241 e. The molecule has 6 nitrogen and oxygen atoms in total. The molecule has 1 aliphatic heterocycles. The van der Waals surface area contributed by atoms with Gasteiger partial charge in [0, 0.05) is 12.3 Å². The van der Waals surface area contributed by atoms with E-state index in [4.69, 9.17) is 10.6 Å². The molecule has 1 saturated heterocycles. The number of nitrogens with one attached hydrogen (secondary N) is 2. The Labute approximate surface area is 126 Å². The molecule has 1 aliphatic rings. The molecular weight excluding hydrogens is 290 g/mol. The quantitative estimate of drug-likeness (QED) is 0.577. The maximum absolute atomic E-state index is 12.7. The molecule has 7 heteroatoms. The summed E-state index contributed by atoms with van der Waals surface area (Å²) in [5.74, 6) is 5.39. The highest BCUT2D eigenvalue weighted by Crippen LogP contribution is 2.27. The first-order valence-corrected chi connectivity index (χ1v) is 8.45. The minimum absolute atomic E-state index is 0.313. The second-order valence-electron chi connectivity index (χ2n) is 5.91. The summed E-state index contributed by atoms with van der Waals surface area (Å²) < 4.78 is 33.7. The number of nitrogens with two attached hydrogens (primary N) is 1. The minimum Gasteiger partial charge on any atom is -0.380 e. The number of hydrogen-bond donors (Lipinski definition) is 3. The van der Waals surface area contributed by atoms with Crippen LogP contribution in [-0.4, -0.2) is 27.2 Å². The molecule has 0 aliphatic carbocycles. The summed E-state index contributed by atoms with van der Waals surface area (Å²) in [6.07, 6.45) is 1.62. The Balaban J connectivity index is 2.36. The van der Waals surface area contributed by atoms with Crippen LogP contribution in [0.25, 0.3) is 0 Å². The largest absolute Gasteiger partial charge is 0.380 e. The van der Waals surface area contributed by atoms with E-state index in [0.717, 1.165) is 12.8 Å². The molecule has 1 heterocycles. The Morgan fingerprint density at radius 3 is 2.38 bits per heavy atom. The second kappa shape index (κ2) is 5.92. The van der Waals surface area contributed by atoms with Gasteiger partial charge in [-0.25, -0.2) is 13.1 Å². The fourth-order valence-electron chi connectivity index (χ4n) is 2.85. The normalized spacial score (nSPS) is 23.0. The minimum atomic E-state index is -3.60. The van der Waals surface area contributed by atoms with Gasteiger partial charge >= 0.3 is 0 Å². The molecule has 0 spiro atoms. The lowest BCUT2D eigenvalue weighted by Gasteiger charge is -2.34. The summed E-state index contributed by atoms with van der Waals surface area (Å²) in [5, 5.41) is 0. The van der Waals surface area contributed by atoms with Crippen molar-refractivity contribution in [1.82, 2.24) is 4.72 Å². The highest BCUT2D eigenvalue weighted by molar-refractivity contribution is 7.89. The number of ether oxygens (including phenoxy) is 1. The van der Waals surface area contributed by atoms with Gasteiger partial charge in [-0.1, -0.05) is 0 Å². The summed E-state index contributed by atoms with van der Waals surface area (Å²) >= 11 is 0. The molecule has 1 aromatic rings. The van der Waals surface area contributed by atoms with Crippen molar-refractivity contribution in [2.75, 3.05) is 18.6 Å². The molecule has 2 rings (SSSR count). The molecule has 1 fully saturated rings. The van der Waals surface area contributed by atoms with Crippen LogP contribution in [0.4, 0.5) is 5.69 Å². The van der Waals surface area contributed by atoms with Crippen LogP contribution in [0.1, 0.15) is 30.9 Å². The zero-order valence-corrected chi connectivity index (χ0v) is 13.5. The number of benzene rings is 1. The van der Waals surface area contributed by atoms with Gasteiger partial charge in [-0.2, -0.15) is 0 Å². The molecule has 4 N–H and O–H groups in total. The van der Waals surface area contributed by atoms with E-state index in [0.29, 0.717) is 34.9 Å². The van der Waals surface area contributed by atoms with Crippen LogP contribution in [0.15, 0.2) is 17.0 Å². The third-order valence-corrected chi connectivity index (χ3v) is 5.66. The van der Waals surface area contributed by atoms with Crippen LogP contribution in [0.2, 0.25) is 0 Å². The Bertz CT molecular complexity index is 599. The maximum Gasteiger partial charge on any atom is 0.241 e. The van der Waals surface area contributed by atoms with Crippen molar-refractivity contribution in [3.8, 4) is 0 Å². The molecule has 0 aromatic heterocycles. The average Bonchev–Trinajstić information content (AvgIpc) is 2.36. The molecular formula is C14H23N3O3S. The molecule has 1 aromatic carbocycles. The molecule has 118 valence electrons. The number of hydrazine groups is 1. The first kappa shape index (κ1) is 16.2. The summed E-state index contributed by atoms with van der Waals surface area (Å²) in [4.78, 5) is 0.313. The van der Waals surface area contributed by atoms with E-state index in [2.05, 4.69) is 10.1 Å². The van der Waals surface area contributed by atoms with Crippen LogP contribution < -0.4 is 16.0 Å². The van der Waals surface area contributed by atoms with E-state index in [9.17, 15) is 8.42 Å². The predicted molar refractivity (Wildman–Crippen MR) is 82.5 cm³/mol. The van der Waals surface area contributed by atoms with E-state index in [1.165, 1.54) is 0 Å². The van der Waals surface area contributed by atoms with Crippen molar-refractivity contribution in [1.29, 1.82) is 0 Å². The van der Waals surface area contributed by atoms with Crippen LogP contribution in [0, 0.1) is 13.8 Å². The standard InChI is InChI=1S/C14H23N3O3S/c1-10-7-12(16-15)8-11(2)13(10)21(18,19)17-14(3)5-4-6-20-9-14/h7-8,16-17H,4-6,9,15H2,1-3H3. The Morgan fingerprint density at radius 1 is 1.29 bits per heavy atom. The van der Waals surface area contributed by atoms with Gasteiger partial charge in [0.05, 0.1) is 17.0 Å². The predicted octanol–water partition coefficient (Wildman–Crippen LogP) is 1.44. The molecule has 0 radical (unpaired) electrons. The topological polar surface area (TPSA) is 93.5 Å². The number of hydrogen-bond acceptors (Lipinski definition) is 5. The van der Waals surface area contributed by atoms with E-state index in [-0.39, 0.29) is 0 Å². The van der Waals surface area contributed by atoms with Crippen molar-refractivity contribution in [2.45, 2.75) is 44.0 Å². The number of anilines is 1. The summed E-state index contributed by atoms with van der Waals surface area (Å²) in [6.45, 7) is 6.49. The third kappa shape index (κ3) is 3.55. The highest BCUT2D eigenvalue weighted by Gasteiger charge is 2.34. The monoisotopic (exact) mass is 313 g/mol. The summed E-state index contributed by atoms with van der Waals surface area (Å²) in [6, 6.07) is 3.45. The van der Waals surface area contributed by atoms with E-state index < -0.39 is 15.6 Å². The number of rotatable bonds is 4. The third-order valence-electron chi connectivity index (χ3n) is 3.71. The average molecular weight is 313 g/mol.